The molecular formula is C24H26O2. The SMILES string of the molecule is C=Cc1ccccc1OC(=O)/C(C)=C(/c1ccccc1C=C)C(C)(C)C. The van der Waals surface area contributed by atoms with E-state index in [1.54, 1.807) is 12.1 Å². The smallest absolute Gasteiger partial charge is 0.339 e. The highest BCUT2D eigenvalue weighted by Crippen LogP contribution is 2.39. The van der Waals surface area contributed by atoms with Crippen LogP contribution in [0.1, 0.15) is 44.4 Å². The molecule has 0 heterocycles. The van der Waals surface area contributed by atoms with Gasteiger partial charge in [0, 0.05) is 11.1 Å². The molecule has 26 heavy (non-hydrogen) atoms. The molecular weight excluding hydrogens is 320 g/mol. The second-order valence-electron chi connectivity index (χ2n) is 7.17. The van der Waals surface area contributed by atoms with Crippen molar-refractivity contribution in [3.05, 3.63) is 84.0 Å². The van der Waals surface area contributed by atoms with Crippen LogP contribution in [-0.4, -0.2) is 5.97 Å². The van der Waals surface area contributed by atoms with Crippen molar-refractivity contribution in [2.45, 2.75) is 27.7 Å². The van der Waals surface area contributed by atoms with Crippen LogP contribution in [0.3, 0.4) is 0 Å². The van der Waals surface area contributed by atoms with Gasteiger partial charge in [-0.25, -0.2) is 4.79 Å². The van der Waals surface area contributed by atoms with Gasteiger partial charge in [-0.3, -0.25) is 0 Å². The molecule has 0 unspecified atom stereocenters. The molecule has 2 aromatic carbocycles. The maximum Gasteiger partial charge on any atom is 0.339 e. The van der Waals surface area contributed by atoms with Crippen molar-refractivity contribution in [2.24, 2.45) is 5.41 Å². The normalized spacial score (nSPS) is 12.2. The maximum atomic E-state index is 12.9. The van der Waals surface area contributed by atoms with Crippen molar-refractivity contribution in [2.75, 3.05) is 0 Å². The molecule has 0 N–H and O–H groups in total. The standard InChI is InChI=1S/C24H26O2/c1-7-18-13-9-11-15-20(18)22(24(4,5)6)17(3)23(25)26-21-16-12-10-14-19(21)8-2/h7-16H,1-2H2,3-6H3/b22-17-. The van der Waals surface area contributed by atoms with E-state index >= 15 is 0 Å². The highest BCUT2D eigenvalue weighted by molar-refractivity contribution is 6.00. The summed E-state index contributed by atoms with van der Waals surface area (Å²) in [4.78, 5) is 12.9. The van der Waals surface area contributed by atoms with Crippen molar-refractivity contribution in [1.29, 1.82) is 0 Å². The molecule has 0 saturated carbocycles. The fourth-order valence-corrected chi connectivity index (χ4v) is 3.09. The first-order valence-corrected chi connectivity index (χ1v) is 8.66. The van der Waals surface area contributed by atoms with E-state index in [0.29, 0.717) is 11.3 Å². The summed E-state index contributed by atoms with van der Waals surface area (Å²) < 4.78 is 5.68. The van der Waals surface area contributed by atoms with E-state index < -0.39 is 0 Å². The van der Waals surface area contributed by atoms with Crippen LogP contribution in [0.5, 0.6) is 5.75 Å². The average Bonchev–Trinajstić information content (AvgIpc) is 2.61. The van der Waals surface area contributed by atoms with Crippen molar-refractivity contribution in [3.8, 4) is 5.75 Å². The Labute approximate surface area is 156 Å². The number of allylic oxidation sites excluding steroid dienone is 1. The Morgan fingerprint density at radius 1 is 0.923 bits per heavy atom. The maximum absolute atomic E-state index is 12.9. The summed E-state index contributed by atoms with van der Waals surface area (Å²) >= 11 is 0. The molecule has 134 valence electrons. The fourth-order valence-electron chi connectivity index (χ4n) is 3.09. The van der Waals surface area contributed by atoms with Crippen LogP contribution in [0.2, 0.25) is 0 Å². The molecule has 0 atom stereocenters. The Balaban J connectivity index is 2.55. The Bertz CT molecular complexity index is 864. The van der Waals surface area contributed by atoms with Crippen LogP contribution in [0.4, 0.5) is 0 Å². The molecule has 0 aliphatic carbocycles. The van der Waals surface area contributed by atoms with Gasteiger partial charge in [-0.15, -0.1) is 0 Å². The summed E-state index contributed by atoms with van der Waals surface area (Å²) in [5, 5.41) is 0. The number of carbonyl (C=O) groups is 1. The lowest BCUT2D eigenvalue weighted by Gasteiger charge is -2.27. The van der Waals surface area contributed by atoms with E-state index in [9.17, 15) is 4.79 Å². The monoisotopic (exact) mass is 346 g/mol. The quantitative estimate of drug-likeness (QED) is 0.356. The molecule has 0 fully saturated rings. The molecule has 2 rings (SSSR count). The van der Waals surface area contributed by atoms with Crippen molar-refractivity contribution in [3.63, 3.8) is 0 Å². The Morgan fingerprint density at radius 3 is 2.04 bits per heavy atom. The second kappa shape index (κ2) is 8.01. The van der Waals surface area contributed by atoms with Crippen molar-refractivity contribution in [1.82, 2.24) is 0 Å². The van der Waals surface area contributed by atoms with Gasteiger partial charge in [-0.05, 0) is 35.1 Å². The van der Waals surface area contributed by atoms with E-state index in [1.807, 2.05) is 55.5 Å². The van der Waals surface area contributed by atoms with Gasteiger partial charge in [0.05, 0.1) is 0 Å². The second-order valence-corrected chi connectivity index (χ2v) is 7.17. The predicted octanol–water partition coefficient (Wildman–Crippen LogP) is 6.40. The van der Waals surface area contributed by atoms with E-state index in [2.05, 4.69) is 33.9 Å². The van der Waals surface area contributed by atoms with Gasteiger partial charge in [0.25, 0.3) is 0 Å². The zero-order valence-electron chi connectivity index (χ0n) is 16.0. The predicted molar refractivity (Wildman–Crippen MR) is 111 cm³/mol. The van der Waals surface area contributed by atoms with E-state index in [1.165, 1.54) is 0 Å². The van der Waals surface area contributed by atoms with Crippen LogP contribution in [0, 0.1) is 5.41 Å². The van der Waals surface area contributed by atoms with Crippen molar-refractivity contribution < 1.29 is 9.53 Å². The molecule has 0 aliphatic heterocycles. The number of para-hydroxylation sites is 1. The number of esters is 1. The van der Waals surface area contributed by atoms with Gasteiger partial charge >= 0.3 is 5.97 Å². The van der Waals surface area contributed by atoms with Gasteiger partial charge in [-0.2, -0.15) is 0 Å². The highest BCUT2D eigenvalue weighted by Gasteiger charge is 2.26. The Kier molecular flexibility index (Phi) is 5.99. The molecule has 0 radical (unpaired) electrons. The highest BCUT2D eigenvalue weighted by atomic mass is 16.5. The first-order chi connectivity index (χ1) is 12.3. The lowest BCUT2D eigenvalue weighted by atomic mass is 9.78. The average molecular weight is 346 g/mol. The number of benzene rings is 2. The van der Waals surface area contributed by atoms with Crippen LogP contribution in [0.15, 0.2) is 67.3 Å². The molecule has 0 aliphatic rings. The molecule has 2 nitrogen and oxygen atoms in total. The Hall–Kier alpha value is -2.87. The minimum Gasteiger partial charge on any atom is -0.423 e. The molecule has 0 aromatic heterocycles. The van der Waals surface area contributed by atoms with E-state index in [-0.39, 0.29) is 11.4 Å². The summed E-state index contributed by atoms with van der Waals surface area (Å²) in [5.41, 5.74) is 4.09. The Morgan fingerprint density at radius 2 is 1.46 bits per heavy atom. The minimum atomic E-state index is -0.358. The third kappa shape index (κ3) is 4.20. The van der Waals surface area contributed by atoms with E-state index in [4.69, 9.17) is 4.74 Å². The number of rotatable bonds is 5. The first-order valence-electron chi connectivity index (χ1n) is 8.66. The third-order valence-corrected chi connectivity index (χ3v) is 4.22. The molecule has 0 amide bonds. The van der Waals surface area contributed by atoms with Gasteiger partial charge < -0.3 is 4.74 Å². The van der Waals surface area contributed by atoms with Crippen molar-refractivity contribution >= 4 is 23.7 Å². The summed E-state index contributed by atoms with van der Waals surface area (Å²) in [6.45, 7) is 15.8. The zero-order chi connectivity index (χ0) is 19.3. The van der Waals surface area contributed by atoms with Gasteiger partial charge in [0.15, 0.2) is 0 Å². The van der Waals surface area contributed by atoms with Crippen LogP contribution >= 0.6 is 0 Å². The number of hydrogen-bond donors (Lipinski definition) is 0. The number of ether oxygens (including phenoxy) is 1. The summed E-state index contributed by atoms with van der Waals surface area (Å²) in [7, 11) is 0. The van der Waals surface area contributed by atoms with Crippen LogP contribution in [0.25, 0.3) is 17.7 Å². The lowest BCUT2D eigenvalue weighted by Crippen LogP contribution is -2.18. The van der Waals surface area contributed by atoms with Crippen LogP contribution < -0.4 is 4.74 Å². The lowest BCUT2D eigenvalue weighted by molar-refractivity contribution is -0.130. The van der Waals surface area contributed by atoms with Crippen LogP contribution in [-0.2, 0) is 4.79 Å². The fraction of sp³-hybridized carbons (Fsp3) is 0.208. The molecule has 0 saturated heterocycles. The molecule has 0 bridgehead atoms. The molecule has 2 heteroatoms. The number of carbonyl (C=O) groups excluding carboxylic acids is 1. The molecule has 0 spiro atoms. The summed E-state index contributed by atoms with van der Waals surface area (Å²) in [6.07, 6.45) is 3.49. The third-order valence-electron chi connectivity index (χ3n) is 4.22. The number of hydrogen-bond acceptors (Lipinski definition) is 2. The van der Waals surface area contributed by atoms with Gasteiger partial charge in [0.1, 0.15) is 5.75 Å². The topological polar surface area (TPSA) is 26.3 Å². The van der Waals surface area contributed by atoms with E-state index in [0.717, 1.165) is 22.3 Å². The largest absolute Gasteiger partial charge is 0.423 e. The minimum absolute atomic E-state index is 0.236. The summed E-state index contributed by atoms with van der Waals surface area (Å²) in [5.74, 6) is 0.153. The zero-order valence-corrected chi connectivity index (χ0v) is 16.0. The van der Waals surface area contributed by atoms with Gasteiger partial charge in [-0.1, -0.05) is 88.5 Å². The molecule has 2 aromatic rings. The first kappa shape index (κ1) is 19.5. The summed E-state index contributed by atoms with van der Waals surface area (Å²) in [6, 6.07) is 15.3. The van der Waals surface area contributed by atoms with Gasteiger partial charge in [0.2, 0.25) is 0 Å².